The molecule has 4 heteroatoms. The molecule has 0 saturated carbocycles. The van der Waals surface area contributed by atoms with Gasteiger partial charge in [0.2, 0.25) is 0 Å². The van der Waals surface area contributed by atoms with Crippen LogP contribution in [0.1, 0.15) is 24.5 Å². The van der Waals surface area contributed by atoms with Gasteiger partial charge in [0.25, 0.3) is 0 Å². The van der Waals surface area contributed by atoms with Gasteiger partial charge in [-0.05, 0) is 53.1 Å². The van der Waals surface area contributed by atoms with E-state index in [1.165, 1.54) is 11.1 Å². The molecule has 108 valence electrons. The van der Waals surface area contributed by atoms with Gasteiger partial charge >= 0.3 is 0 Å². The highest BCUT2D eigenvalue weighted by atomic mass is 35.5. The Morgan fingerprint density at radius 2 is 2.10 bits per heavy atom. The average Bonchev–Trinajstić information content (AvgIpc) is 2.92. The van der Waals surface area contributed by atoms with Gasteiger partial charge < -0.3 is 10.2 Å². The van der Waals surface area contributed by atoms with Gasteiger partial charge in [0.15, 0.2) is 0 Å². The van der Waals surface area contributed by atoms with E-state index < -0.39 is 0 Å². The maximum atomic E-state index is 6.41. The van der Waals surface area contributed by atoms with Crippen LogP contribution in [0.3, 0.4) is 0 Å². The van der Waals surface area contributed by atoms with Gasteiger partial charge in [-0.2, -0.15) is 11.3 Å². The third-order valence-corrected chi connectivity index (χ3v) is 4.21. The Balaban J connectivity index is 2.01. The zero-order valence-corrected chi connectivity index (χ0v) is 13.6. The number of nitrogens with one attached hydrogen (secondary N) is 1. The molecule has 0 saturated heterocycles. The fourth-order valence-electron chi connectivity index (χ4n) is 2.12. The summed E-state index contributed by atoms with van der Waals surface area (Å²) in [7, 11) is 2.08. The molecule has 0 aliphatic carbocycles. The van der Waals surface area contributed by atoms with Crippen molar-refractivity contribution in [1.29, 1.82) is 0 Å². The van der Waals surface area contributed by atoms with Crippen molar-refractivity contribution in [1.82, 2.24) is 5.32 Å². The second-order valence-electron chi connectivity index (χ2n) is 4.95. The van der Waals surface area contributed by atoms with E-state index in [9.17, 15) is 0 Å². The summed E-state index contributed by atoms with van der Waals surface area (Å²) in [5, 5.41) is 8.49. The van der Waals surface area contributed by atoms with Crippen LogP contribution in [0.15, 0.2) is 35.0 Å². The molecule has 0 aliphatic heterocycles. The number of halogens is 1. The van der Waals surface area contributed by atoms with Crippen molar-refractivity contribution in [2.75, 3.05) is 18.5 Å². The van der Waals surface area contributed by atoms with Crippen LogP contribution in [-0.4, -0.2) is 13.6 Å². The summed E-state index contributed by atoms with van der Waals surface area (Å²) in [6.45, 7) is 4.97. The number of anilines is 1. The van der Waals surface area contributed by atoms with Crippen molar-refractivity contribution in [3.8, 4) is 0 Å². The maximum Gasteiger partial charge on any atom is 0.0642 e. The second kappa shape index (κ2) is 7.67. The Morgan fingerprint density at radius 3 is 2.75 bits per heavy atom. The van der Waals surface area contributed by atoms with Crippen LogP contribution < -0.4 is 10.2 Å². The van der Waals surface area contributed by atoms with E-state index in [1.807, 2.05) is 0 Å². The SMILES string of the molecule is CCCNCc1ccc(N(C)Cc2ccsc2)c(Cl)c1. The predicted molar refractivity (Wildman–Crippen MR) is 89.9 cm³/mol. The topological polar surface area (TPSA) is 15.3 Å². The number of rotatable bonds is 7. The summed E-state index contributed by atoms with van der Waals surface area (Å²) in [5.74, 6) is 0. The van der Waals surface area contributed by atoms with Crippen molar-refractivity contribution in [3.05, 3.63) is 51.2 Å². The van der Waals surface area contributed by atoms with Crippen LogP contribution in [0.25, 0.3) is 0 Å². The van der Waals surface area contributed by atoms with Crippen molar-refractivity contribution in [2.45, 2.75) is 26.4 Å². The van der Waals surface area contributed by atoms with Crippen molar-refractivity contribution in [2.24, 2.45) is 0 Å². The van der Waals surface area contributed by atoms with Gasteiger partial charge in [-0.25, -0.2) is 0 Å². The Bertz CT molecular complexity index is 525. The normalized spacial score (nSPS) is 10.8. The van der Waals surface area contributed by atoms with Crippen LogP contribution in [0, 0.1) is 0 Å². The summed E-state index contributed by atoms with van der Waals surface area (Å²) < 4.78 is 0. The Labute approximate surface area is 130 Å². The van der Waals surface area contributed by atoms with E-state index in [0.29, 0.717) is 0 Å². The summed E-state index contributed by atoms with van der Waals surface area (Å²) in [4.78, 5) is 2.19. The number of hydrogen-bond acceptors (Lipinski definition) is 3. The summed E-state index contributed by atoms with van der Waals surface area (Å²) in [6, 6.07) is 8.47. The molecule has 0 atom stereocenters. The lowest BCUT2D eigenvalue weighted by Crippen LogP contribution is -2.17. The van der Waals surface area contributed by atoms with Gasteiger partial charge in [0, 0.05) is 20.1 Å². The predicted octanol–water partition coefficient (Wildman–Crippen LogP) is 4.54. The maximum absolute atomic E-state index is 6.41. The summed E-state index contributed by atoms with van der Waals surface area (Å²) in [5.41, 5.74) is 3.63. The highest BCUT2D eigenvalue weighted by Gasteiger charge is 2.08. The Morgan fingerprint density at radius 1 is 1.25 bits per heavy atom. The first-order valence-corrected chi connectivity index (χ1v) is 8.24. The molecule has 1 heterocycles. The minimum atomic E-state index is 0.818. The van der Waals surface area contributed by atoms with E-state index in [0.717, 1.165) is 36.8 Å². The fourth-order valence-corrected chi connectivity index (χ4v) is 3.13. The van der Waals surface area contributed by atoms with Crippen molar-refractivity contribution in [3.63, 3.8) is 0 Å². The molecule has 0 radical (unpaired) electrons. The lowest BCUT2D eigenvalue weighted by atomic mass is 10.2. The quantitative estimate of drug-likeness (QED) is 0.756. The fraction of sp³-hybridized carbons (Fsp3) is 0.375. The molecule has 1 aromatic carbocycles. The molecule has 2 aromatic rings. The lowest BCUT2D eigenvalue weighted by molar-refractivity contribution is 0.675. The highest BCUT2D eigenvalue weighted by Crippen LogP contribution is 2.27. The Kier molecular flexibility index (Phi) is 5.89. The van der Waals surface area contributed by atoms with Crippen LogP contribution in [0.4, 0.5) is 5.69 Å². The minimum absolute atomic E-state index is 0.818. The van der Waals surface area contributed by atoms with Crippen molar-refractivity contribution < 1.29 is 0 Å². The van der Waals surface area contributed by atoms with Crippen LogP contribution in [-0.2, 0) is 13.1 Å². The first kappa shape index (κ1) is 15.4. The Hall–Kier alpha value is -1.03. The largest absolute Gasteiger partial charge is 0.369 e. The zero-order valence-electron chi connectivity index (χ0n) is 12.0. The lowest BCUT2D eigenvalue weighted by Gasteiger charge is -2.20. The van der Waals surface area contributed by atoms with Crippen LogP contribution >= 0.6 is 22.9 Å². The molecule has 1 N–H and O–H groups in total. The molecule has 1 aromatic heterocycles. The number of thiophene rings is 1. The monoisotopic (exact) mass is 308 g/mol. The molecule has 0 spiro atoms. The van der Waals surface area contributed by atoms with Crippen molar-refractivity contribution >= 4 is 28.6 Å². The second-order valence-corrected chi connectivity index (χ2v) is 6.14. The van der Waals surface area contributed by atoms with Gasteiger partial charge in [-0.15, -0.1) is 0 Å². The van der Waals surface area contributed by atoms with Crippen LogP contribution in [0.5, 0.6) is 0 Å². The number of hydrogen-bond donors (Lipinski definition) is 1. The van der Waals surface area contributed by atoms with E-state index in [-0.39, 0.29) is 0 Å². The van der Waals surface area contributed by atoms with E-state index >= 15 is 0 Å². The minimum Gasteiger partial charge on any atom is -0.369 e. The molecule has 0 bridgehead atoms. The van der Waals surface area contributed by atoms with Gasteiger partial charge in [0.1, 0.15) is 0 Å². The van der Waals surface area contributed by atoms with E-state index in [2.05, 4.69) is 59.2 Å². The van der Waals surface area contributed by atoms with E-state index in [1.54, 1.807) is 11.3 Å². The van der Waals surface area contributed by atoms with Crippen LogP contribution in [0.2, 0.25) is 5.02 Å². The zero-order chi connectivity index (χ0) is 14.4. The molecule has 0 fully saturated rings. The molecule has 2 nitrogen and oxygen atoms in total. The molecule has 20 heavy (non-hydrogen) atoms. The third-order valence-electron chi connectivity index (χ3n) is 3.18. The smallest absolute Gasteiger partial charge is 0.0642 e. The molecular formula is C16H21ClN2S. The number of nitrogens with zero attached hydrogens (tertiary/aromatic N) is 1. The van der Waals surface area contributed by atoms with E-state index in [4.69, 9.17) is 11.6 Å². The molecule has 2 rings (SSSR count). The van der Waals surface area contributed by atoms with Gasteiger partial charge in [-0.3, -0.25) is 0 Å². The summed E-state index contributed by atoms with van der Waals surface area (Å²) in [6.07, 6.45) is 1.15. The number of benzene rings is 1. The standard InChI is InChI=1S/C16H21ClN2S/c1-3-7-18-10-13-4-5-16(15(17)9-13)19(2)11-14-6-8-20-12-14/h4-6,8-9,12,18H,3,7,10-11H2,1-2H3. The van der Waals surface area contributed by atoms with Gasteiger partial charge in [-0.1, -0.05) is 24.6 Å². The highest BCUT2D eigenvalue weighted by molar-refractivity contribution is 7.07. The summed E-state index contributed by atoms with van der Waals surface area (Å²) >= 11 is 8.14. The first-order chi connectivity index (χ1) is 9.70. The molecular weight excluding hydrogens is 288 g/mol. The third kappa shape index (κ3) is 4.23. The molecule has 0 unspecified atom stereocenters. The molecule has 0 aliphatic rings. The first-order valence-electron chi connectivity index (χ1n) is 6.92. The average molecular weight is 309 g/mol. The van der Waals surface area contributed by atoms with Gasteiger partial charge in [0.05, 0.1) is 10.7 Å². The molecule has 0 amide bonds.